The van der Waals surface area contributed by atoms with E-state index in [1.807, 2.05) is 13.0 Å². The fraction of sp³-hybridized carbons (Fsp3) is 0.222. The minimum atomic E-state index is 0. The van der Waals surface area contributed by atoms with Crippen LogP contribution in [0.5, 0.6) is 0 Å². The van der Waals surface area contributed by atoms with E-state index in [0.717, 1.165) is 0 Å². The van der Waals surface area contributed by atoms with Crippen molar-refractivity contribution in [3.05, 3.63) is 42.8 Å². The smallest absolute Gasteiger partial charge is 0 e. The Labute approximate surface area is 88.9 Å². The van der Waals surface area contributed by atoms with Crippen molar-refractivity contribution in [2.45, 2.75) is 13.8 Å². The van der Waals surface area contributed by atoms with E-state index in [9.17, 15) is 0 Å². The van der Waals surface area contributed by atoms with Crippen LogP contribution in [0.3, 0.4) is 0 Å². The van der Waals surface area contributed by atoms with Crippen LogP contribution in [0.15, 0.2) is 18.2 Å². The van der Waals surface area contributed by atoms with Crippen LogP contribution in [0.4, 0.5) is 0 Å². The maximum atomic E-state index is 3.10. The van der Waals surface area contributed by atoms with E-state index in [-0.39, 0.29) is 40.1 Å². The van der Waals surface area contributed by atoms with Gasteiger partial charge in [-0.25, -0.2) is 0 Å². The first-order valence-corrected chi connectivity index (χ1v) is 2.74. The molecular formula is C9H12Y-2. The molecule has 10 heavy (non-hydrogen) atoms. The second-order valence-electron chi connectivity index (χ2n) is 2.05. The van der Waals surface area contributed by atoms with Gasteiger partial charge >= 0.3 is 0 Å². The quantitative estimate of drug-likeness (QED) is 0.576. The molecule has 0 unspecified atom stereocenters. The fourth-order valence-corrected chi connectivity index (χ4v) is 0.580. The topological polar surface area (TPSA) is 0 Å². The monoisotopic (exact) mass is 209 g/mol. The van der Waals surface area contributed by atoms with E-state index >= 15 is 0 Å². The van der Waals surface area contributed by atoms with Gasteiger partial charge in [0, 0.05) is 32.7 Å². The molecule has 0 fully saturated rings. The number of hydrogen-bond donors (Lipinski definition) is 0. The summed E-state index contributed by atoms with van der Waals surface area (Å²) in [5.74, 6) is 0. The molecule has 0 spiro atoms. The predicted octanol–water partition coefficient (Wildman–Crippen LogP) is 2.55. The van der Waals surface area contributed by atoms with E-state index in [1.165, 1.54) is 11.1 Å². The molecule has 1 heteroatoms. The van der Waals surface area contributed by atoms with Crippen LogP contribution >= 0.6 is 0 Å². The number of rotatable bonds is 0. The average molecular weight is 209 g/mol. The van der Waals surface area contributed by atoms with Crippen LogP contribution in [0.1, 0.15) is 11.1 Å². The zero-order chi connectivity index (χ0) is 5.98. The summed E-state index contributed by atoms with van der Waals surface area (Å²) in [4.78, 5) is 0. The van der Waals surface area contributed by atoms with Gasteiger partial charge in [-0.3, -0.25) is 0 Å². The molecule has 0 aliphatic rings. The molecule has 1 rings (SSSR count). The molecule has 0 N–H and O–H groups in total. The molecule has 0 aliphatic heterocycles. The van der Waals surface area contributed by atoms with Crippen LogP contribution < -0.4 is 0 Å². The molecule has 0 atom stereocenters. The zero-order valence-corrected chi connectivity index (χ0v) is 9.65. The third kappa shape index (κ3) is 4.19. The Bertz CT molecular complexity index is 144. The molecule has 0 bridgehead atoms. The largest absolute Gasteiger partial charge is 0.358 e. The maximum Gasteiger partial charge on any atom is 0 e. The van der Waals surface area contributed by atoms with Crippen LogP contribution in [0.2, 0.25) is 0 Å². The van der Waals surface area contributed by atoms with Crippen molar-refractivity contribution in [3.63, 3.8) is 0 Å². The Balaban J connectivity index is 0. The van der Waals surface area contributed by atoms with Crippen molar-refractivity contribution < 1.29 is 32.7 Å². The Morgan fingerprint density at radius 1 is 1.20 bits per heavy atom. The molecule has 0 heterocycles. The van der Waals surface area contributed by atoms with E-state index < -0.39 is 0 Å². The normalized spacial score (nSPS) is 7.40. The van der Waals surface area contributed by atoms with E-state index in [2.05, 4.69) is 25.1 Å². The number of benzene rings is 1. The van der Waals surface area contributed by atoms with Gasteiger partial charge in [-0.1, -0.05) is 13.8 Å². The van der Waals surface area contributed by atoms with Crippen molar-refractivity contribution in [1.29, 1.82) is 0 Å². The molecule has 0 aliphatic carbocycles. The summed E-state index contributed by atoms with van der Waals surface area (Å²) >= 11 is 0. The zero-order valence-electron chi connectivity index (χ0n) is 6.81. The molecule has 1 aromatic rings. The Morgan fingerprint density at radius 2 is 1.80 bits per heavy atom. The standard InChI is InChI=1S/C8H9.CH3.Y/c1-7-3-5-8(2)6-4-7;;/h3-5H,1-2H3;1H3;/q2*-1;. The van der Waals surface area contributed by atoms with E-state index in [1.54, 1.807) is 0 Å². The molecule has 0 nitrogen and oxygen atoms in total. The predicted molar refractivity (Wildman–Crippen MR) is 41.2 cm³/mol. The van der Waals surface area contributed by atoms with Crippen molar-refractivity contribution >= 4 is 0 Å². The first kappa shape index (κ1) is 13.0. The van der Waals surface area contributed by atoms with Gasteiger partial charge in [0.15, 0.2) is 0 Å². The minimum Gasteiger partial charge on any atom is -0.358 e. The third-order valence-electron chi connectivity index (χ3n) is 1.12. The first-order valence-electron chi connectivity index (χ1n) is 2.74. The summed E-state index contributed by atoms with van der Waals surface area (Å²) in [7, 11) is 0. The van der Waals surface area contributed by atoms with Gasteiger partial charge in [-0.05, 0) is 0 Å². The van der Waals surface area contributed by atoms with E-state index in [0.29, 0.717) is 0 Å². The van der Waals surface area contributed by atoms with Gasteiger partial charge in [0.1, 0.15) is 0 Å². The van der Waals surface area contributed by atoms with Crippen LogP contribution in [0, 0.1) is 27.3 Å². The van der Waals surface area contributed by atoms with Gasteiger partial charge in [-0.15, -0.1) is 0 Å². The SMILES string of the molecule is Cc1[c-]cc(C)cc1.[CH3-].[Y]. The molecule has 53 valence electrons. The molecule has 0 aromatic heterocycles. The number of aryl methyl sites for hydroxylation is 2. The maximum absolute atomic E-state index is 3.10. The summed E-state index contributed by atoms with van der Waals surface area (Å²) in [5.41, 5.74) is 2.48. The third-order valence-corrected chi connectivity index (χ3v) is 1.12. The van der Waals surface area contributed by atoms with Crippen LogP contribution in [-0.4, -0.2) is 0 Å². The second-order valence-corrected chi connectivity index (χ2v) is 2.05. The van der Waals surface area contributed by atoms with Gasteiger partial charge < -0.3 is 7.43 Å². The minimum absolute atomic E-state index is 0. The summed E-state index contributed by atoms with van der Waals surface area (Å²) < 4.78 is 0. The van der Waals surface area contributed by atoms with Crippen molar-refractivity contribution in [1.82, 2.24) is 0 Å². The Kier molecular flexibility index (Phi) is 7.85. The van der Waals surface area contributed by atoms with Crippen molar-refractivity contribution in [2.75, 3.05) is 0 Å². The van der Waals surface area contributed by atoms with Crippen LogP contribution in [-0.2, 0) is 32.7 Å². The number of hydrogen-bond acceptors (Lipinski definition) is 0. The van der Waals surface area contributed by atoms with Gasteiger partial charge in [-0.2, -0.15) is 35.4 Å². The molecule has 1 radical (unpaired) electrons. The van der Waals surface area contributed by atoms with Crippen LogP contribution in [0.25, 0.3) is 0 Å². The van der Waals surface area contributed by atoms with E-state index in [4.69, 9.17) is 0 Å². The molecule has 0 amide bonds. The summed E-state index contributed by atoms with van der Waals surface area (Å²) in [6.45, 7) is 4.11. The Hall–Kier alpha value is 0.324. The van der Waals surface area contributed by atoms with Gasteiger partial charge in [0.05, 0.1) is 0 Å². The molecular weight excluding hydrogens is 197 g/mol. The molecule has 0 saturated heterocycles. The summed E-state index contributed by atoms with van der Waals surface area (Å²) in [5, 5.41) is 0. The Morgan fingerprint density at radius 3 is 2.10 bits per heavy atom. The molecule has 0 saturated carbocycles. The molecule has 1 aromatic carbocycles. The summed E-state index contributed by atoms with van der Waals surface area (Å²) in [6.07, 6.45) is 0. The average Bonchev–Trinajstić information content (AvgIpc) is 1.77. The van der Waals surface area contributed by atoms with Crippen molar-refractivity contribution in [3.8, 4) is 0 Å². The second kappa shape index (κ2) is 6.06. The van der Waals surface area contributed by atoms with Gasteiger partial charge in [0.2, 0.25) is 0 Å². The van der Waals surface area contributed by atoms with Crippen molar-refractivity contribution in [2.24, 2.45) is 0 Å². The first-order chi connectivity index (χ1) is 3.79. The summed E-state index contributed by atoms with van der Waals surface area (Å²) in [6, 6.07) is 9.25. The fourth-order valence-electron chi connectivity index (χ4n) is 0.580. The van der Waals surface area contributed by atoms with Gasteiger partial charge in [0.25, 0.3) is 0 Å².